The van der Waals surface area contributed by atoms with Crippen LogP contribution in [0.1, 0.15) is 47.5 Å². The van der Waals surface area contributed by atoms with Crippen LogP contribution in [-0.2, 0) is 4.74 Å². The third kappa shape index (κ3) is 2.75. The van der Waals surface area contributed by atoms with Crippen molar-refractivity contribution in [3.63, 3.8) is 0 Å². The lowest BCUT2D eigenvalue weighted by Gasteiger charge is -2.29. The number of hydrogen-bond acceptors (Lipinski definition) is 2. The van der Waals surface area contributed by atoms with E-state index < -0.39 is 0 Å². The standard InChI is InChI=1S/C16H31NO/c1-6-17(7-2)8-9-18-15-11-14-13(10-12(15)3)16(14,4)5/h12-15H,6-11H2,1-5H3/t12-,13+,14+,15-/m0/s1. The molecule has 0 unspecified atom stereocenters. The zero-order valence-electron chi connectivity index (χ0n) is 12.9. The van der Waals surface area contributed by atoms with Crippen LogP contribution < -0.4 is 0 Å². The second kappa shape index (κ2) is 5.50. The van der Waals surface area contributed by atoms with Crippen LogP contribution in [0.4, 0.5) is 0 Å². The van der Waals surface area contributed by atoms with Gasteiger partial charge in [0.1, 0.15) is 0 Å². The van der Waals surface area contributed by atoms with Crippen LogP contribution in [0.2, 0.25) is 0 Å². The van der Waals surface area contributed by atoms with Crippen LogP contribution in [0.25, 0.3) is 0 Å². The molecule has 0 aromatic carbocycles. The van der Waals surface area contributed by atoms with Crippen molar-refractivity contribution in [3.8, 4) is 0 Å². The fourth-order valence-corrected chi connectivity index (χ4v) is 3.93. The number of ether oxygens (including phenoxy) is 1. The monoisotopic (exact) mass is 253 g/mol. The minimum Gasteiger partial charge on any atom is -0.377 e. The first-order chi connectivity index (χ1) is 8.50. The number of nitrogens with zero attached hydrogens (tertiary/aromatic N) is 1. The summed E-state index contributed by atoms with van der Waals surface area (Å²) in [6, 6.07) is 0. The molecule has 18 heavy (non-hydrogen) atoms. The van der Waals surface area contributed by atoms with Crippen LogP contribution in [0.3, 0.4) is 0 Å². The average Bonchev–Trinajstić information content (AvgIpc) is 2.86. The Labute approximate surface area is 113 Å². The zero-order chi connectivity index (χ0) is 13.3. The highest BCUT2D eigenvalue weighted by molar-refractivity contribution is 5.09. The van der Waals surface area contributed by atoms with E-state index in [9.17, 15) is 0 Å². The lowest BCUT2D eigenvalue weighted by atomic mass is 9.88. The van der Waals surface area contributed by atoms with Crippen molar-refractivity contribution in [1.29, 1.82) is 0 Å². The topological polar surface area (TPSA) is 12.5 Å². The molecule has 0 radical (unpaired) electrons. The van der Waals surface area contributed by atoms with Crippen molar-refractivity contribution in [2.24, 2.45) is 23.2 Å². The molecule has 2 aliphatic rings. The Morgan fingerprint density at radius 3 is 2.33 bits per heavy atom. The summed E-state index contributed by atoms with van der Waals surface area (Å²) in [5, 5.41) is 0. The predicted octanol–water partition coefficient (Wildman–Crippen LogP) is 3.42. The highest BCUT2D eigenvalue weighted by Crippen LogP contribution is 2.66. The van der Waals surface area contributed by atoms with Crippen molar-refractivity contribution in [1.82, 2.24) is 4.90 Å². The molecule has 0 aliphatic heterocycles. The Kier molecular flexibility index (Phi) is 4.38. The molecule has 2 fully saturated rings. The molecule has 0 heterocycles. The Morgan fingerprint density at radius 2 is 1.72 bits per heavy atom. The SMILES string of the molecule is CCN(CC)CCO[C@H]1C[C@@H]2[C@@H](C[C@@H]1C)C2(C)C. The molecule has 0 amide bonds. The maximum absolute atomic E-state index is 6.18. The molecular weight excluding hydrogens is 222 g/mol. The van der Waals surface area contributed by atoms with Crippen LogP contribution in [0.5, 0.6) is 0 Å². The Balaban J connectivity index is 1.73. The minimum atomic E-state index is 0.517. The first kappa shape index (κ1) is 14.3. The van der Waals surface area contributed by atoms with Crippen LogP contribution in [0, 0.1) is 23.2 Å². The van der Waals surface area contributed by atoms with Crippen molar-refractivity contribution in [2.75, 3.05) is 26.2 Å². The van der Waals surface area contributed by atoms with E-state index in [-0.39, 0.29) is 0 Å². The summed E-state index contributed by atoms with van der Waals surface area (Å²) in [6.07, 6.45) is 3.20. The van der Waals surface area contributed by atoms with Gasteiger partial charge >= 0.3 is 0 Å². The molecule has 2 saturated carbocycles. The van der Waals surface area contributed by atoms with Gasteiger partial charge in [0, 0.05) is 6.54 Å². The molecule has 2 rings (SSSR count). The highest BCUT2D eigenvalue weighted by Gasteiger charge is 2.60. The summed E-state index contributed by atoms with van der Waals surface area (Å²) < 4.78 is 6.18. The second-order valence-corrected chi connectivity index (χ2v) is 6.92. The lowest BCUT2D eigenvalue weighted by Crippen LogP contribution is -2.32. The number of likely N-dealkylation sites (N-methyl/N-ethyl adjacent to an activating group) is 1. The third-order valence-corrected chi connectivity index (χ3v) is 5.67. The number of rotatable bonds is 6. The van der Waals surface area contributed by atoms with Gasteiger partial charge < -0.3 is 9.64 Å². The fraction of sp³-hybridized carbons (Fsp3) is 1.00. The van der Waals surface area contributed by atoms with Crippen LogP contribution >= 0.6 is 0 Å². The summed E-state index contributed by atoms with van der Waals surface area (Å²) >= 11 is 0. The average molecular weight is 253 g/mol. The van der Waals surface area contributed by atoms with E-state index in [2.05, 4.69) is 39.5 Å². The van der Waals surface area contributed by atoms with E-state index in [0.29, 0.717) is 11.5 Å². The van der Waals surface area contributed by atoms with Crippen LogP contribution in [-0.4, -0.2) is 37.2 Å². The summed E-state index contributed by atoms with van der Waals surface area (Å²) in [4.78, 5) is 2.44. The fourth-order valence-electron chi connectivity index (χ4n) is 3.93. The van der Waals surface area contributed by atoms with Crippen LogP contribution in [0.15, 0.2) is 0 Å². The molecule has 2 nitrogen and oxygen atoms in total. The summed E-state index contributed by atoms with van der Waals surface area (Å²) in [7, 11) is 0. The highest BCUT2D eigenvalue weighted by atomic mass is 16.5. The van der Waals surface area contributed by atoms with Gasteiger partial charge in [-0.3, -0.25) is 0 Å². The van der Waals surface area contributed by atoms with Gasteiger partial charge in [-0.2, -0.15) is 0 Å². The van der Waals surface area contributed by atoms with Crippen molar-refractivity contribution >= 4 is 0 Å². The van der Waals surface area contributed by atoms with Gasteiger partial charge in [0.2, 0.25) is 0 Å². The maximum atomic E-state index is 6.18. The summed E-state index contributed by atoms with van der Waals surface area (Å²) in [5.41, 5.74) is 0.602. The summed E-state index contributed by atoms with van der Waals surface area (Å²) in [6.45, 7) is 16.0. The van der Waals surface area contributed by atoms with E-state index in [1.807, 2.05) is 0 Å². The van der Waals surface area contributed by atoms with Crippen molar-refractivity contribution in [3.05, 3.63) is 0 Å². The maximum Gasteiger partial charge on any atom is 0.0604 e. The van der Waals surface area contributed by atoms with Gasteiger partial charge in [-0.15, -0.1) is 0 Å². The van der Waals surface area contributed by atoms with E-state index >= 15 is 0 Å². The normalized spacial score (nSPS) is 37.7. The van der Waals surface area contributed by atoms with E-state index in [0.717, 1.165) is 44.0 Å². The third-order valence-electron chi connectivity index (χ3n) is 5.67. The van der Waals surface area contributed by atoms with Gasteiger partial charge in [-0.1, -0.05) is 34.6 Å². The van der Waals surface area contributed by atoms with Gasteiger partial charge in [-0.05, 0) is 49.1 Å². The molecule has 0 bridgehead atoms. The van der Waals surface area contributed by atoms with Crippen molar-refractivity contribution in [2.45, 2.75) is 53.6 Å². The lowest BCUT2D eigenvalue weighted by molar-refractivity contribution is -0.0157. The van der Waals surface area contributed by atoms with E-state index in [4.69, 9.17) is 4.74 Å². The Morgan fingerprint density at radius 1 is 1.11 bits per heavy atom. The number of fused-ring (bicyclic) bond motifs is 1. The smallest absolute Gasteiger partial charge is 0.0604 e. The number of hydrogen-bond donors (Lipinski definition) is 0. The first-order valence-corrected chi connectivity index (χ1v) is 7.84. The molecule has 106 valence electrons. The largest absolute Gasteiger partial charge is 0.377 e. The quantitative estimate of drug-likeness (QED) is 0.719. The molecule has 0 aromatic heterocycles. The molecule has 0 spiro atoms. The molecule has 0 saturated heterocycles. The van der Waals surface area contributed by atoms with E-state index in [1.54, 1.807) is 0 Å². The first-order valence-electron chi connectivity index (χ1n) is 7.84. The van der Waals surface area contributed by atoms with E-state index in [1.165, 1.54) is 12.8 Å². The minimum absolute atomic E-state index is 0.517. The molecule has 4 atom stereocenters. The second-order valence-electron chi connectivity index (χ2n) is 6.92. The predicted molar refractivity (Wildman–Crippen MR) is 76.7 cm³/mol. The van der Waals surface area contributed by atoms with Gasteiger partial charge in [-0.25, -0.2) is 0 Å². The Hall–Kier alpha value is -0.0800. The molecular formula is C16H31NO. The zero-order valence-corrected chi connectivity index (χ0v) is 12.9. The van der Waals surface area contributed by atoms with Gasteiger partial charge in [0.15, 0.2) is 0 Å². The van der Waals surface area contributed by atoms with Gasteiger partial charge in [0.25, 0.3) is 0 Å². The molecule has 0 N–H and O–H groups in total. The van der Waals surface area contributed by atoms with Crippen molar-refractivity contribution < 1.29 is 4.74 Å². The van der Waals surface area contributed by atoms with Gasteiger partial charge in [0.05, 0.1) is 12.7 Å². The summed E-state index contributed by atoms with van der Waals surface area (Å²) in [5.74, 6) is 2.67. The molecule has 0 aromatic rings. The molecule has 2 aliphatic carbocycles. The Bertz CT molecular complexity index is 272. The molecule has 2 heteroatoms.